The highest BCUT2D eigenvalue weighted by molar-refractivity contribution is 5.50. The molecule has 0 aliphatic heterocycles. The summed E-state index contributed by atoms with van der Waals surface area (Å²) in [6.07, 6.45) is 6.39. The van der Waals surface area contributed by atoms with E-state index in [1.807, 2.05) is 0 Å². The molecule has 0 heterocycles. The Morgan fingerprint density at radius 1 is 0.912 bits per heavy atom. The predicted octanol–water partition coefficient (Wildman–Crippen LogP) is 8.18. The highest BCUT2D eigenvalue weighted by atomic mass is 16.3. The van der Waals surface area contributed by atoms with Gasteiger partial charge >= 0.3 is 0 Å². The lowest BCUT2D eigenvalue weighted by Gasteiger charge is -2.48. The van der Waals surface area contributed by atoms with Crippen molar-refractivity contribution in [1.82, 2.24) is 0 Å². The molecule has 0 amide bonds. The van der Waals surface area contributed by atoms with Crippen LogP contribution in [0.2, 0.25) is 0 Å². The zero-order valence-corrected chi connectivity index (χ0v) is 21.4. The zero-order chi connectivity index (χ0) is 23.9. The Kier molecular flexibility index (Phi) is 6.19. The van der Waals surface area contributed by atoms with E-state index >= 15 is 0 Å². The normalized spacial score (nSPS) is 27.6. The van der Waals surface area contributed by atoms with Gasteiger partial charge < -0.3 is 5.11 Å². The largest absolute Gasteiger partial charge is 0.384 e. The average molecular weight is 453 g/mol. The smallest absolute Gasteiger partial charge is 0.100 e. The number of aryl methyl sites for hydroxylation is 2. The molecule has 4 atom stereocenters. The molecule has 2 aliphatic rings. The van der Waals surface area contributed by atoms with Gasteiger partial charge in [0.05, 0.1) is 0 Å². The monoisotopic (exact) mass is 452 g/mol. The van der Waals surface area contributed by atoms with Crippen molar-refractivity contribution in [1.29, 1.82) is 0 Å². The number of rotatable bonds is 7. The average Bonchev–Trinajstić information content (AvgIpc) is 3.67. The van der Waals surface area contributed by atoms with E-state index in [0.29, 0.717) is 17.8 Å². The van der Waals surface area contributed by atoms with Crippen LogP contribution in [0.15, 0.2) is 72.8 Å². The standard InChI is InChI=1S/C33H40O/c1-5-23(3)26-13-15-28(16-14-26)33(29-17-18-29)31(27-10-8-7-9-11-27)20-21-32(33,34)30-19-12-25(6-2)22-24(30)4/h7-16,19,22-23,29,31,34H,5-6,17-18,20-21H2,1-4H3. The molecule has 34 heavy (non-hydrogen) atoms. The van der Waals surface area contributed by atoms with Gasteiger partial charge in [0.15, 0.2) is 0 Å². The Bertz CT molecular complexity index is 1130. The highest BCUT2D eigenvalue weighted by Gasteiger charge is 2.67. The van der Waals surface area contributed by atoms with Gasteiger partial charge in [-0.2, -0.15) is 0 Å². The third-order valence-corrected chi connectivity index (χ3v) is 9.17. The quantitative estimate of drug-likeness (QED) is 0.383. The van der Waals surface area contributed by atoms with E-state index in [0.717, 1.165) is 31.2 Å². The molecule has 2 aliphatic carbocycles. The second-order valence-electron chi connectivity index (χ2n) is 10.9. The molecule has 0 spiro atoms. The Labute approximate surface area is 206 Å². The van der Waals surface area contributed by atoms with Crippen LogP contribution in [0.25, 0.3) is 0 Å². The highest BCUT2D eigenvalue weighted by Crippen LogP contribution is 2.69. The van der Waals surface area contributed by atoms with Crippen molar-refractivity contribution < 1.29 is 5.11 Å². The maximum Gasteiger partial charge on any atom is 0.100 e. The first-order chi connectivity index (χ1) is 16.5. The lowest BCUT2D eigenvalue weighted by Crippen LogP contribution is -2.50. The Morgan fingerprint density at radius 2 is 1.62 bits per heavy atom. The van der Waals surface area contributed by atoms with Crippen LogP contribution in [0.3, 0.4) is 0 Å². The molecule has 2 fully saturated rings. The minimum Gasteiger partial charge on any atom is -0.384 e. The molecule has 5 rings (SSSR count). The van der Waals surface area contributed by atoms with Gasteiger partial charge in [0.1, 0.15) is 5.60 Å². The maximum atomic E-state index is 12.9. The van der Waals surface area contributed by atoms with Gasteiger partial charge in [-0.05, 0) is 96.6 Å². The topological polar surface area (TPSA) is 20.2 Å². The van der Waals surface area contributed by atoms with Gasteiger partial charge in [-0.25, -0.2) is 0 Å². The van der Waals surface area contributed by atoms with Crippen molar-refractivity contribution in [2.45, 2.75) is 89.1 Å². The van der Waals surface area contributed by atoms with Crippen molar-refractivity contribution in [2.24, 2.45) is 5.92 Å². The first-order valence-corrected chi connectivity index (χ1v) is 13.4. The van der Waals surface area contributed by atoms with E-state index in [1.54, 1.807) is 0 Å². The summed E-state index contributed by atoms with van der Waals surface area (Å²) in [4.78, 5) is 0. The molecule has 0 aromatic heterocycles. The third kappa shape index (κ3) is 3.55. The van der Waals surface area contributed by atoms with E-state index in [4.69, 9.17) is 0 Å². The number of aliphatic hydroxyl groups is 1. The summed E-state index contributed by atoms with van der Waals surface area (Å²) < 4.78 is 0. The Hall–Kier alpha value is -2.38. The molecule has 1 heteroatoms. The maximum absolute atomic E-state index is 12.9. The molecular formula is C33H40O. The van der Waals surface area contributed by atoms with Crippen molar-refractivity contribution in [3.8, 4) is 0 Å². The molecule has 0 saturated heterocycles. The van der Waals surface area contributed by atoms with Crippen molar-refractivity contribution >= 4 is 0 Å². The zero-order valence-electron chi connectivity index (χ0n) is 21.4. The van der Waals surface area contributed by atoms with Crippen LogP contribution in [0.5, 0.6) is 0 Å². The van der Waals surface area contributed by atoms with Gasteiger partial charge in [0.25, 0.3) is 0 Å². The second-order valence-corrected chi connectivity index (χ2v) is 10.9. The lowest BCUT2D eigenvalue weighted by molar-refractivity contribution is -0.0407. The fraction of sp³-hybridized carbons (Fsp3) is 0.455. The predicted molar refractivity (Wildman–Crippen MR) is 142 cm³/mol. The van der Waals surface area contributed by atoms with E-state index < -0.39 is 5.60 Å². The van der Waals surface area contributed by atoms with Crippen molar-refractivity contribution in [2.75, 3.05) is 0 Å². The first kappa shape index (κ1) is 23.4. The number of benzene rings is 3. The SMILES string of the molecule is CCc1ccc(C2(O)CCC(c3ccccc3)C2(c2ccc(C(C)CC)cc2)C2CC2)c(C)c1. The third-order valence-electron chi connectivity index (χ3n) is 9.17. The van der Waals surface area contributed by atoms with Crippen LogP contribution >= 0.6 is 0 Å². The van der Waals surface area contributed by atoms with Crippen LogP contribution in [-0.2, 0) is 17.4 Å². The Balaban J connectivity index is 1.73. The van der Waals surface area contributed by atoms with Gasteiger partial charge in [0.2, 0.25) is 0 Å². The first-order valence-electron chi connectivity index (χ1n) is 13.4. The van der Waals surface area contributed by atoms with E-state index in [2.05, 4.69) is 100 Å². The van der Waals surface area contributed by atoms with Crippen molar-refractivity contribution in [3.63, 3.8) is 0 Å². The second kappa shape index (κ2) is 9.00. The minimum absolute atomic E-state index is 0.305. The molecule has 3 aromatic rings. The lowest BCUT2D eigenvalue weighted by atomic mass is 9.57. The van der Waals surface area contributed by atoms with Gasteiger partial charge in [0, 0.05) is 5.41 Å². The van der Waals surface area contributed by atoms with Crippen molar-refractivity contribution in [3.05, 3.63) is 106 Å². The molecule has 0 bridgehead atoms. The molecule has 4 unspecified atom stereocenters. The van der Waals surface area contributed by atoms with Crippen LogP contribution < -0.4 is 0 Å². The molecule has 1 N–H and O–H groups in total. The summed E-state index contributed by atoms with van der Waals surface area (Å²) in [5.74, 6) is 1.37. The Morgan fingerprint density at radius 3 is 2.21 bits per heavy atom. The van der Waals surface area contributed by atoms with E-state index in [9.17, 15) is 5.11 Å². The molecule has 178 valence electrons. The van der Waals surface area contributed by atoms with Gasteiger partial charge in [-0.15, -0.1) is 0 Å². The number of hydrogen-bond acceptors (Lipinski definition) is 1. The summed E-state index contributed by atoms with van der Waals surface area (Å²) in [7, 11) is 0. The summed E-state index contributed by atoms with van der Waals surface area (Å²) in [5, 5.41) is 12.9. The fourth-order valence-corrected chi connectivity index (χ4v) is 7.12. The van der Waals surface area contributed by atoms with E-state index in [1.165, 1.54) is 40.7 Å². The summed E-state index contributed by atoms with van der Waals surface area (Å²) in [6.45, 7) is 8.97. The van der Waals surface area contributed by atoms with Crippen LogP contribution in [-0.4, -0.2) is 5.11 Å². The summed E-state index contributed by atoms with van der Waals surface area (Å²) in [5.41, 5.74) is 6.65. The molecule has 0 radical (unpaired) electrons. The summed E-state index contributed by atoms with van der Waals surface area (Å²) in [6, 6.07) is 27.2. The van der Waals surface area contributed by atoms with E-state index in [-0.39, 0.29) is 5.41 Å². The molecule has 1 nitrogen and oxygen atoms in total. The van der Waals surface area contributed by atoms with Gasteiger partial charge in [-0.3, -0.25) is 0 Å². The number of hydrogen-bond donors (Lipinski definition) is 1. The van der Waals surface area contributed by atoms with Crippen LogP contribution in [0, 0.1) is 12.8 Å². The minimum atomic E-state index is -0.872. The molecule has 3 aromatic carbocycles. The molecular weight excluding hydrogens is 412 g/mol. The van der Waals surface area contributed by atoms with Crippen LogP contribution in [0.1, 0.15) is 98.1 Å². The fourth-order valence-electron chi connectivity index (χ4n) is 7.12. The van der Waals surface area contributed by atoms with Gasteiger partial charge in [-0.1, -0.05) is 93.6 Å². The summed E-state index contributed by atoms with van der Waals surface area (Å²) >= 11 is 0. The molecule has 2 saturated carbocycles. The van der Waals surface area contributed by atoms with Crippen LogP contribution in [0.4, 0.5) is 0 Å².